The summed E-state index contributed by atoms with van der Waals surface area (Å²) in [6, 6.07) is 6.66. The van der Waals surface area contributed by atoms with Crippen LogP contribution in [0.4, 0.5) is 4.79 Å². The molecule has 4 N–H and O–H groups in total. The lowest BCUT2D eigenvalue weighted by Gasteiger charge is -1.97. The van der Waals surface area contributed by atoms with Gasteiger partial charge in [-0.3, -0.25) is 0 Å². The molecule has 0 bridgehead atoms. The molecule has 5 heteroatoms. The molecule has 0 radical (unpaired) electrons. The van der Waals surface area contributed by atoms with Crippen LogP contribution in [0.5, 0.6) is 11.5 Å². The van der Waals surface area contributed by atoms with Crippen LogP contribution in [0.1, 0.15) is 0 Å². The summed E-state index contributed by atoms with van der Waals surface area (Å²) in [5, 5.41) is 16.1. The number of phenols is 1. The van der Waals surface area contributed by atoms with Crippen molar-refractivity contribution in [2.24, 2.45) is 5.73 Å². The summed E-state index contributed by atoms with van der Waals surface area (Å²) < 4.78 is 4.84. The van der Waals surface area contributed by atoms with Crippen LogP contribution in [0.3, 0.4) is 0 Å². The predicted octanol–water partition coefficient (Wildman–Crippen LogP) is 1.02. The van der Waals surface area contributed by atoms with Crippen molar-refractivity contribution in [1.29, 1.82) is 0 Å². The Labute approximate surface area is 75.4 Å². The zero-order valence-corrected chi connectivity index (χ0v) is 7.10. The van der Waals surface area contributed by atoms with Crippen molar-refractivity contribution >= 4 is 6.09 Å². The van der Waals surface area contributed by atoms with Crippen LogP contribution < -0.4 is 10.5 Å². The Hall–Kier alpha value is -1.91. The first-order valence-electron chi connectivity index (χ1n) is 3.37. The SMILES string of the molecule is COc1cccc(O)c1.NC(=O)O. The lowest BCUT2D eigenvalue weighted by molar-refractivity contribution is 0.205. The van der Waals surface area contributed by atoms with E-state index in [0.717, 1.165) is 0 Å². The number of ether oxygens (including phenoxy) is 1. The standard InChI is InChI=1S/C7H8O2.CH3NO2/c1-9-7-4-2-3-6(8)5-7;2-1(3)4/h2-5,8H,1H3;2H2,(H,3,4). The number of benzene rings is 1. The van der Waals surface area contributed by atoms with Gasteiger partial charge in [0.25, 0.3) is 0 Å². The van der Waals surface area contributed by atoms with Gasteiger partial charge < -0.3 is 20.7 Å². The molecule has 5 nitrogen and oxygen atoms in total. The highest BCUT2D eigenvalue weighted by atomic mass is 16.5. The summed E-state index contributed by atoms with van der Waals surface area (Å²) in [6.07, 6.45) is -1.33. The fourth-order valence-corrected chi connectivity index (χ4v) is 0.610. The number of aromatic hydroxyl groups is 1. The number of carbonyl (C=O) groups is 1. The first kappa shape index (κ1) is 11.1. The van der Waals surface area contributed by atoms with Gasteiger partial charge in [-0.15, -0.1) is 0 Å². The predicted molar refractivity (Wildman–Crippen MR) is 46.9 cm³/mol. The van der Waals surface area contributed by atoms with Gasteiger partial charge in [-0.2, -0.15) is 0 Å². The van der Waals surface area contributed by atoms with E-state index in [1.807, 2.05) is 0 Å². The Morgan fingerprint density at radius 1 is 1.54 bits per heavy atom. The molecular formula is C8H11NO4. The van der Waals surface area contributed by atoms with E-state index in [1.165, 1.54) is 0 Å². The van der Waals surface area contributed by atoms with E-state index in [4.69, 9.17) is 19.7 Å². The average Bonchev–Trinajstić information content (AvgIpc) is 2.03. The van der Waals surface area contributed by atoms with Gasteiger partial charge in [-0.25, -0.2) is 4.79 Å². The normalized spacial score (nSPS) is 8.08. The van der Waals surface area contributed by atoms with Crippen LogP contribution in [-0.2, 0) is 0 Å². The molecule has 0 unspecified atom stereocenters. The molecule has 0 aliphatic rings. The van der Waals surface area contributed by atoms with E-state index in [-0.39, 0.29) is 5.75 Å². The van der Waals surface area contributed by atoms with Gasteiger partial charge in [0.15, 0.2) is 0 Å². The highest BCUT2D eigenvalue weighted by molar-refractivity contribution is 5.61. The van der Waals surface area contributed by atoms with Crippen LogP contribution in [-0.4, -0.2) is 23.4 Å². The summed E-state index contributed by atoms with van der Waals surface area (Å²) in [5.41, 5.74) is 4.03. The average molecular weight is 185 g/mol. The van der Waals surface area contributed by atoms with Gasteiger partial charge in [0.2, 0.25) is 0 Å². The summed E-state index contributed by atoms with van der Waals surface area (Å²) in [7, 11) is 1.56. The molecule has 13 heavy (non-hydrogen) atoms. The molecule has 1 amide bonds. The lowest BCUT2D eigenvalue weighted by atomic mass is 10.3. The molecule has 0 aliphatic carbocycles. The summed E-state index contributed by atoms with van der Waals surface area (Å²) >= 11 is 0. The Kier molecular flexibility index (Phi) is 4.87. The number of hydrogen-bond donors (Lipinski definition) is 3. The molecule has 0 saturated heterocycles. The monoisotopic (exact) mass is 185 g/mol. The van der Waals surface area contributed by atoms with Crippen molar-refractivity contribution in [3.8, 4) is 11.5 Å². The second kappa shape index (κ2) is 5.70. The highest BCUT2D eigenvalue weighted by Crippen LogP contribution is 2.16. The van der Waals surface area contributed by atoms with E-state index >= 15 is 0 Å². The third-order valence-corrected chi connectivity index (χ3v) is 1.05. The zero-order valence-electron chi connectivity index (χ0n) is 7.10. The molecule has 1 aromatic carbocycles. The minimum Gasteiger partial charge on any atom is -0.508 e. The van der Waals surface area contributed by atoms with Crippen molar-refractivity contribution in [2.75, 3.05) is 7.11 Å². The van der Waals surface area contributed by atoms with Gasteiger partial charge >= 0.3 is 6.09 Å². The number of primary amides is 1. The molecule has 0 aromatic heterocycles. The maximum absolute atomic E-state index is 8.86. The fourth-order valence-electron chi connectivity index (χ4n) is 0.610. The summed E-state index contributed by atoms with van der Waals surface area (Å²) in [4.78, 5) is 8.78. The third kappa shape index (κ3) is 6.49. The second-order valence-electron chi connectivity index (χ2n) is 2.04. The quantitative estimate of drug-likeness (QED) is 0.609. The third-order valence-electron chi connectivity index (χ3n) is 1.05. The fraction of sp³-hybridized carbons (Fsp3) is 0.125. The van der Waals surface area contributed by atoms with Gasteiger partial charge in [0.1, 0.15) is 11.5 Å². The van der Waals surface area contributed by atoms with E-state index < -0.39 is 6.09 Å². The van der Waals surface area contributed by atoms with Crippen LogP contribution in [0.15, 0.2) is 24.3 Å². The molecule has 0 saturated carbocycles. The maximum Gasteiger partial charge on any atom is 0.402 e. The number of carboxylic acid groups (broad SMARTS) is 1. The van der Waals surface area contributed by atoms with Gasteiger partial charge in [0.05, 0.1) is 7.11 Å². The van der Waals surface area contributed by atoms with Crippen LogP contribution >= 0.6 is 0 Å². The van der Waals surface area contributed by atoms with E-state index in [9.17, 15) is 0 Å². The number of phenolic OH excluding ortho intramolecular Hbond substituents is 1. The molecule has 72 valence electrons. The van der Waals surface area contributed by atoms with Crippen molar-refractivity contribution in [1.82, 2.24) is 0 Å². The Morgan fingerprint density at radius 3 is 2.38 bits per heavy atom. The number of amides is 1. The molecule has 0 heterocycles. The summed E-state index contributed by atoms with van der Waals surface area (Å²) in [6.45, 7) is 0. The zero-order chi connectivity index (χ0) is 10.3. The summed E-state index contributed by atoms with van der Waals surface area (Å²) in [5.74, 6) is 0.907. The van der Waals surface area contributed by atoms with Crippen molar-refractivity contribution < 1.29 is 19.7 Å². The second-order valence-corrected chi connectivity index (χ2v) is 2.04. The molecule has 1 aromatic rings. The van der Waals surface area contributed by atoms with Gasteiger partial charge in [-0.05, 0) is 12.1 Å². The maximum atomic E-state index is 8.86. The number of methoxy groups -OCH3 is 1. The van der Waals surface area contributed by atoms with E-state index in [0.29, 0.717) is 5.75 Å². The van der Waals surface area contributed by atoms with Gasteiger partial charge in [-0.1, -0.05) is 6.07 Å². The molecule has 0 atom stereocenters. The molecule has 1 rings (SSSR count). The Bertz CT molecular complexity index is 271. The lowest BCUT2D eigenvalue weighted by Crippen LogP contribution is -2.03. The minimum atomic E-state index is -1.33. The minimum absolute atomic E-state index is 0.231. The topological polar surface area (TPSA) is 92.8 Å². The van der Waals surface area contributed by atoms with Crippen molar-refractivity contribution in [2.45, 2.75) is 0 Å². The number of hydrogen-bond acceptors (Lipinski definition) is 3. The Morgan fingerprint density at radius 2 is 2.08 bits per heavy atom. The largest absolute Gasteiger partial charge is 0.508 e. The highest BCUT2D eigenvalue weighted by Gasteiger charge is 1.88. The molecule has 0 aliphatic heterocycles. The smallest absolute Gasteiger partial charge is 0.402 e. The first-order valence-corrected chi connectivity index (χ1v) is 3.37. The van der Waals surface area contributed by atoms with Crippen LogP contribution in [0, 0.1) is 0 Å². The van der Waals surface area contributed by atoms with Crippen LogP contribution in [0.25, 0.3) is 0 Å². The van der Waals surface area contributed by atoms with Crippen molar-refractivity contribution in [3.05, 3.63) is 24.3 Å². The Balaban J connectivity index is 0.000000310. The number of rotatable bonds is 1. The number of nitrogens with two attached hydrogens (primary N) is 1. The van der Waals surface area contributed by atoms with Crippen molar-refractivity contribution in [3.63, 3.8) is 0 Å². The molecular weight excluding hydrogens is 174 g/mol. The van der Waals surface area contributed by atoms with E-state index in [2.05, 4.69) is 5.73 Å². The molecule has 0 fully saturated rings. The van der Waals surface area contributed by atoms with Crippen LogP contribution in [0.2, 0.25) is 0 Å². The van der Waals surface area contributed by atoms with Gasteiger partial charge in [0, 0.05) is 6.07 Å². The van der Waals surface area contributed by atoms with E-state index in [1.54, 1.807) is 31.4 Å². The first-order chi connectivity index (χ1) is 6.06. The molecule has 0 spiro atoms.